The van der Waals surface area contributed by atoms with E-state index in [2.05, 4.69) is 9.88 Å². The summed E-state index contributed by atoms with van der Waals surface area (Å²) in [6.45, 7) is 3.77. The standard InChI is InChI=1S/C12H18ClN3O/c1-9-11(13)10(2-5-15-9)16-6-3-12(17,8-14)4-7-16/h2,5,17H,3-4,6-8,14H2,1H3. The number of aromatic nitrogens is 1. The summed E-state index contributed by atoms with van der Waals surface area (Å²) in [5, 5.41) is 10.8. The van der Waals surface area contributed by atoms with Gasteiger partial charge in [0.2, 0.25) is 0 Å². The lowest BCUT2D eigenvalue weighted by Gasteiger charge is -2.38. The number of nitrogens with two attached hydrogens (primary N) is 1. The van der Waals surface area contributed by atoms with E-state index in [9.17, 15) is 5.11 Å². The van der Waals surface area contributed by atoms with Crippen molar-refractivity contribution in [1.82, 2.24) is 4.98 Å². The van der Waals surface area contributed by atoms with Crippen LogP contribution in [0.25, 0.3) is 0 Å². The summed E-state index contributed by atoms with van der Waals surface area (Å²) in [6.07, 6.45) is 3.13. The maximum Gasteiger partial charge on any atom is 0.0851 e. The minimum Gasteiger partial charge on any atom is -0.388 e. The van der Waals surface area contributed by atoms with Crippen LogP contribution in [0.4, 0.5) is 5.69 Å². The van der Waals surface area contributed by atoms with Gasteiger partial charge in [-0.05, 0) is 25.8 Å². The highest BCUT2D eigenvalue weighted by atomic mass is 35.5. The molecule has 1 aliphatic heterocycles. The fourth-order valence-corrected chi connectivity index (χ4v) is 2.38. The van der Waals surface area contributed by atoms with Crippen LogP contribution in [0.2, 0.25) is 5.02 Å². The Bertz CT molecular complexity index is 403. The second kappa shape index (κ2) is 4.80. The molecule has 0 bridgehead atoms. The first-order valence-corrected chi connectivity index (χ1v) is 6.22. The molecule has 0 unspecified atom stereocenters. The Labute approximate surface area is 106 Å². The predicted molar refractivity (Wildman–Crippen MR) is 69.4 cm³/mol. The molecule has 17 heavy (non-hydrogen) atoms. The summed E-state index contributed by atoms with van der Waals surface area (Å²) in [6, 6.07) is 1.92. The zero-order chi connectivity index (χ0) is 12.5. The zero-order valence-corrected chi connectivity index (χ0v) is 10.7. The maximum atomic E-state index is 10.1. The van der Waals surface area contributed by atoms with Crippen LogP contribution in [-0.4, -0.2) is 35.3 Å². The van der Waals surface area contributed by atoms with Gasteiger partial charge in [-0.25, -0.2) is 0 Å². The zero-order valence-electron chi connectivity index (χ0n) is 9.99. The second-order valence-corrected chi connectivity index (χ2v) is 5.02. The molecular formula is C12H18ClN3O. The summed E-state index contributed by atoms with van der Waals surface area (Å²) >= 11 is 6.24. The van der Waals surface area contributed by atoms with Crippen LogP contribution in [0, 0.1) is 6.92 Å². The summed E-state index contributed by atoms with van der Waals surface area (Å²) in [5.41, 5.74) is 6.70. The molecule has 1 saturated heterocycles. The van der Waals surface area contributed by atoms with Crippen LogP contribution in [0.5, 0.6) is 0 Å². The van der Waals surface area contributed by atoms with E-state index in [1.165, 1.54) is 0 Å². The number of hydrogen-bond donors (Lipinski definition) is 2. The van der Waals surface area contributed by atoms with Crippen molar-refractivity contribution in [3.8, 4) is 0 Å². The molecule has 2 rings (SSSR count). The van der Waals surface area contributed by atoms with E-state index in [1.807, 2.05) is 13.0 Å². The van der Waals surface area contributed by atoms with Gasteiger partial charge in [0.1, 0.15) is 0 Å². The van der Waals surface area contributed by atoms with Gasteiger partial charge in [0.25, 0.3) is 0 Å². The smallest absolute Gasteiger partial charge is 0.0851 e. The van der Waals surface area contributed by atoms with Crippen LogP contribution in [-0.2, 0) is 0 Å². The average Bonchev–Trinajstić information content (AvgIpc) is 2.34. The highest BCUT2D eigenvalue weighted by molar-refractivity contribution is 6.33. The molecule has 0 radical (unpaired) electrons. The quantitative estimate of drug-likeness (QED) is 0.837. The van der Waals surface area contributed by atoms with Crippen LogP contribution >= 0.6 is 11.6 Å². The number of aliphatic hydroxyl groups is 1. The molecule has 1 aromatic rings. The van der Waals surface area contributed by atoms with E-state index < -0.39 is 5.60 Å². The Morgan fingerprint density at radius 2 is 2.18 bits per heavy atom. The number of aryl methyl sites for hydroxylation is 1. The molecule has 0 aliphatic carbocycles. The van der Waals surface area contributed by atoms with Crippen molar-refractivity contribution < 1.29 is 5.11 Å². The normalized spacial score (nSPS) is 19.4. The number of anilines is 1. The lowest BCUT2D eigenvalue weighted by Crippen LogP contribution is -2.48. The lowest BCUT2D eigenvalue weighted by atomic mass is 9.91. The number of halogens is 1. The van der Waals surface area contributed by atoms with Gasteiger partial charge in [-0.3, -0.25) is 4.98 Å². The van der Waals surface area contributed by atoms with E-state index in [1.54, 1.807) is 6.20 Å². The fraction of sp³-hybridized carbons (Fsp3) is 0.583. The monoisotopic (exact) mass is 255 g/mol. The summed E-state index contributed by atoms with van der Waals surface area (Å²) in [4.78, 5) is 6.33. The van der Waals surface area contributed by atoms with Gasteiger partial charge in [0, 0.05) is 25.8 Å². The third-order valence-electron chi connectivity index (χ3n) is 3.46. The summed E-state index contributed by atoms with van der Waals surface area (Å²) in [5.74, 6) is 0. The minimum atomic E-state index is -0.703. The molecule has 2 heterocycles. The molecule has 1 aromatic heterocycles. The Morgan fingerprint density at radius 3 is 2.76 bits per heavy atom. The number of nitrogens with zero attached hydrogens (tertiary/aromatic N) is 2. The first-order chi connectivity index (χ1) is 8.06. The SMILES string of the molecule is Cc1nccc(N2CCC(O)(CN)CC2)c1Cl. The van der Waals surface area contributed by atoms with Crippen molar-refractivity contribution in [3.05, 3.63) is 23.0 Å². The molecule has 1 aliphatic rings. The fourth-order valence-electron chi connectivity index (χ4n) is 2.15. The van der Waals surface area contributed by atoms with Gasteiger partial charge in [-0.15, -0.1) is 0 Å². The lowest BCUT2D eigenvalue weighted by molar-refractivity contribution is 0.0250. The molecular weight excluding hydrogens is 238 g/mol. The molecule has 0 atom stereocenters. The van der Waals surface area contributed by atoms with Crippen molar-refractivity contribution >= 4 is 17.3 Å². The van der Waals surface area contributed by atoms with E-state index in [4.69, 9.17) is 17.3 Å². The highest BCUT2D eigenvalue weighted by Gasteiger charge is 2.31. The number of pyridine rings is 1. The number of hydrogen-bond acceptors (Lipinski definition) is 4. The maximum absolute atomic E-state index is 10.1. The first-order valence-electron chi connectivity index (χ1n) is 5.84. The minimum absolute atomic E-state index is 0.323. The van der Waals surface area contributed by atoms with Crippen LogP contribution in [0.15, 0.2) is 12.3 Å². The molecule has 0 saturated carbocycles. The van der Waals surface area contributed by atoms with Gasteiger partial charge in [-0.2, -0.15) is 0 Å². The molecule has 3 N–H and O–H groups in total. The van der Waals surface area contributed by atoms with Crippen LogP contribution in [0.3, 0.4) is 0 Å². The summed E-state index contributed by atoms with van der Waals surface area (Å²) in [7, 11) is 0. The van der Waals surface area contributed by atoms with E-state index >= 15 is 0 Å². The van der Waals surface area contributed by atoms with Gasteiger partial charge < -0.3 is 15.7 Å². The second-order valence-electron chi connectivity index (χ2n) is 4.64. The third-order valence-corrected chi connectivity index (χ3v) is 3.93. The van der Waals surface area contributed by atoms with Crippen molar-refractivity contribution in [3.63, 3.8) is 0 Å². The Morgan fingerprint density at radius 1 is 1.53 bits per heavy atom. The molecule has 94 valence electrons. The predicted octanol–water partition coefficient (Wildman–Crippen LogP) is 1.33. The Hall–Kier alpha value is -0.840. The number of piperidine rings is 1. The molecule has 4 nitrogen and oxygen atoms in total. The molecule has 0 spiro atoms. The van der Waals surface area contributed by atoms with Gasteiger partial charge in [0.15, 0.2) is 0 Å². The van der Waals surface area contributed by atoms with Gasteiger partial charge in [-0.1, -0.05) is 11.6 Å². The van der Waals surface area contributed by atoms with Crippen molar-refractivity contribution in [2.24, 2.45) is 5.73 Å². The molecule has 5 heteroatoms. The first kappa shape index (κ1) is 12.6. The third kappa shape index (κ3) is 2.54. The van der Waals surface area contributed by atoms with Gasteiger partial charge in [0.05, 0.1) is 22.0 Å². The Balaban J connectivity index is 2.13. The highest BCUT2D eigenvalue weighted by Crippen LogP contribution is 2.31. The van der Waals surface area contributed by atoms with E-state index in [-0.39, 0.29) is 0 Å². The number of rotatable bonds is 2. The molecule has 0 aromatic carbocycles. The molecule has 0 amide bonds. The van der Waals surface area contributed by atoms with Crippen molar-refractivity contribution in [1.29, 1.82) is 0 Å². The van der Waals surface area contributed by atoms with E-state index in [0.717, 1.165) is 24.5 Å². The van der Waals surface area contributed by atoms with Crippen molar-refractivity contribution in [2.75, 3.05) is 24.5 Å². The van der Waals surface area contributed by atoms with Crippen LogP contribution in [0.1, 0.15) is 18.5 Å². The van der Waals surface area contributed by atoms with Crippen molar-refractivity contribution in [2.45, 2.75) is 25.4 Å². The van der Waals surface area contributed by atoms with E-state index in [0.29, 0.717) is 24.4 Å². The Kier molecular flexibility index (Phi) is 3.56. The molecule has 1 fully saturated rings. The van der Waals surface area contributed by atoms with Crippen LogP contribution < -0.4 is 10.6 Å². The average molecular weight is 256 g/mol. The summed E-state index contributed by atoms with van der Waals surface area (Å²) < 4.78 is 0. The topological polar surface area (TPSA) is 62.4 Å². The van der Waals surface area contributed by atoms with Gasteiger partial charge >= 0.3 is 0 Å². The largest absolute Gasteiger partial charge is 0.388 e.